The van der Waals surface area contributed by atoms with Crippen molar-refractivity contribution in [2.45, 2.75) is 19.6 Å². The summed E-state index contributed by atoms with van der Waals surface area (Å²) in [5.41, 5.74) is -1.00. The van der Waals surface area contributed by atoms with Gasteiger partial charge in [-0.25, -0.2) is 0 Å². The first-order chi connectivity index (χ1) is 8.36. The van der Waals surface area contributed by atoms with Crippen LogP contribution in [0.1, 0.15) is 17.0 Å². The molecule has 0 unspecified atom stereocenters. The van der Waals surface area contributed by atoms with Gasteiger partial charge >= 0.3 is 6.18 Å². The summed E-state index contributed by atoms with van der Waals surface area (Å²) >= 11 is 0. The monoisotopic (exact) mass is 258 g/mol. The highest BCUT2D eigenvalue weighted by molar-refractivity contribution is 5.15. The first-order valence-corrected chi connectivity index (χ1v) is 5.06. The molecule has 0 atom stereocenters. The first-order valence-electron chi connectivity index (χ1n) is 5.06. The second-order valence-electron chi connectivity index (χ2n) is 3.81. The molecule has 0 N–H and O–H groups in total. The molecule has 18 heavy (non-hydrogen) atoms. The van der Waals surface area contributed by atoms with Crippen molar-refractivity contribution in [3.63, 3.8) is 0 Å². The average Bonchev–Trinajstić information content (AvgIpc) is 2.66. The molecule has 0 aliphatic rings. The fraction of sp³-hybridized carbons (Fsp3) is 0.273. The lowest BCUT2D eigenvalue weighted by molar-refractivity contribution is -0.138. The summed E-state index contributed by atoms with van der Waals surface area (Å²) in [4.78, 5) is 11.4. The van der Waals surface area contributed by atoms with Crippen molar-refractivity contribution < 1.29 is 17.7 Å². The van der Waals surface area contributed by atoms with Crippen LogP contribution in [0.4, 0.5) is 13.2 Å². The van der Waals surface area contributed by atoms with E-state index in [2.05, 4.69) is 5.16 Å². The first kappa shape index (κ1) is 12.4. The van der Waals surface area contributed by atoms with Crippen molar-refractivity contribution in [2.24, 2.45) is 0 Å². The van der Waals surface area contributed by atoms with Crippen LogP contribution in [-0.4, -0.2) is 9.72 Å². The number of alkyl halides is 3. The molecule has 0 aliphatic heterocycles. The van der Waals surface area contributed by atoms with Crippen molar-refractivity contribution in [1.82, 2.24) is 9.72 Å². The Labute approximate surface area is 99.6 Å². The summed E-state index contributed by atoms with van der Waals surface area (Å²) < 4.78 is 43.2. The molecule has 2 aromatic heterocycles. The zero-order valence-electron chi connectivity index (χ0n) is 9.36. The fourth-order valence-corrected chi connectivity index (χ4v) is 1.49. The lowest BCUT2D eigenvalue weighted by atomic mass is 10.2. The standard InChI is InChI=1S/C11H9F3N2O2/c1-7-4-9(15-18-7)6-16-5-8(11(12,13)14)2-3-10(16)17/h2-5H,6H2,1H3. The van der Waals surface area contributed by atoms with Gasteiger partial charge in [0.1, 0.15) is 11.5 Å². The molecular formula is C11H9F3N2O2. The van der Waals surface area contributed by atoms with Gasteiger partial charge in [-0.15, -0.1) is 0 Å². The second-order valence-corrected chi connectivity index (χ2v) is 3.81. The Morgan fingerprint density at radius 2 is 2.11 bits per heavy atom. The smallest absolute Gasteiger partial charge is 0.361 e. The van der Waals surface area contributed by atoms with E-state index in [4.69, 9.17) is 4.52 Å². The van der Waals surface area contributed by atoms with Gasteiger partial charge in [-0.1, -0.05) is 5.16 Å². The Morgan fingerprint density at radius 1 is 1.39 bits per heavy atom. The maximum Gasteiger partial charge on any atom is 0.417 e. The minimum atomic E-state index is -4.48. The number of pyridine rings is 1. The molecule has 0 fully saturated rings. The van der Waals surface area contributed by atoms with Gasteiger partial charge in [-0.05, 0) is 13.0 Å². The number of hydrogen-bond donors (Lipinski definition) is 0. The van der Waals surface area contributed by atoms with Gasteiger partial charge < -0.3 is 9.09 Å². The molecular weight excluding hydrogens is 249 g/mol. The summed E-state index contributed by atoms with van der Waals surface area (Å²) in [6, 6.07) is 3.20. The zero-order valence-corrected chi connectivity index (χ0v) is 9.36. The van der Waals surface area contributed by atoms with Gasteiger partial charge in [-0.3, -0.25) is 4.79 Å². The summed E-state index contributed by atoms with van der Waals surface area (Å²) in [7, 11) is 0. The van der Waals surface area contributed by atoms with Crippen LogP contribution in [-0.2, 0) is 12.7 Å². The van der Waals surface area contributed by atoms with Gasteiger partial charge in [-0.2, -0.15) is 13.2 Å². The van der Waals surface area contributed by atoms with Crippen LogP contribution in [0, 0.1) is 6.92 Å². The molecule has 2 rings (SSSR count). The summed E-state index contributed by atoms with van der Waals surface area (Å²) in [5, 5.41) is 3.63. The van der Waals surface area contributed by atoms with Crippen LogP contribution in [0.5, 0.6) is 0 Å². The number of halogens is 3. The number of aryl methyl sites for hydroxylation is 1. The summed E-state index contributed by atoms with van der Waals surface area (Å²) in [6.45, 7) is 1.60. The average molecular weight is 258 g/mol. The van der Waals surface area contributed by atoms with E-state index in [1.165, 1.54) is 0 Å². The van der Waals surface area contributed by atoms with Crippen LogP contribution in [0.25, 0.3) is 0 Å². The highest BCUT2D eigenvalue weighted by Gasteiger charge is 2.31. The van der Waals surface area contributed by atoms with E-state index in [1.807, 2.05) is 0 Å². The van der Waals surface area contributed by atoms with E-state index in [9.17, 15) is 18.0 Å². The van der Waals surface area contributed by atoms with Crippen molar-refractivity contribution in [3.8, 4) is 0 Å². The van der Waals surface area contributed by atoms with E-state index in [0.717, 1.165) is 22.9 Å². The lowest BCUT2D eigenvalue weighted by Gasteiger charge is -2.09. The summed E-state index contributed by atoms with van der Waals surface area (Å²) in [5.74, 6) is 0.532. The lowest BCUT2D eigenvalue weighted by Crippen LogP contribution is -2.22. The predicted octanol–water partition coefficient (Wildman–Crippen LogP) is 2.21. The van der Waals surface area contributed by atoms with Gasteiger partial charge in [0.2, 0.25) is 0 Å². The van der Waals surface area contributed by atoms with E-state index < -0.39 is 17.3 Å². The van der Waals surface area contributed by atoms with Crippen LogP contribution in [0.2, 0.25) is 0 Å². The van der Waals surface area contributed by atoms with Crippen molar-refractivity contribution in [3.05, 3.63) is 51.8 Å². The summed E-state index contributed by atoms with van der Waals surface area (Å²) in [6.07, 6.45) is -3.71. The number of nitrogens with zero attached hydrogens (tertiary/aromatic N) is 2. The molecule has 96 valence electrons. The Morgan fingerprint density at radius 3 is 2.67 bits per heavy atom. The predicted molar refractivity (Wildman–Crippen MR) is 56.0 cm³/mol. The van der Waals surface area contributed by atoms with Gasteiger partial charge in [0, 0.05) is 18.3 Å². The third-order valence-corrected chi connectivity index (χ3v) is 2.32. The van der Waals surface area contributed by atoms with E-state index in [1.54, 1.807) is 13.0 Å². The van der Waals surface area contributed by atoms with Crippen molar-refractivity contribution in [2.75, 3.05) is 0 Å². The molecule has 2 heterocycles. The van der Waals surface area contributed by atoms with Crippen molar-refractivity contribution in [1.29, 1.82) is 0 Å². The molecule has 2 aromatic rings. The number of rotatable bonds is 2. The van der Waals surface area contributed by atoms with Gasteiger partial charge in [0.15, 0.2) is 0 Å². The highest BCUT2D eigenvalue weighted by atomic mass is 19.4. The van der Waals surface area contributed by atoms with Crippen LogP contribution in [0.15, 0.2) is 33.7 Å². The Balaban J connectivity index is 2.35. The maximum absolute atomic E-state index is 12.5. The number of hydrogen-bond acceptors (Lipinski definition) is 3. The second kappa shape index (κ2) is 4.32. The van der Waals surface area contributed by atoms with Crippen LogP contribution < -0.4 is 5.56 Å². The minimum absolute atomic E-state index is 0.0555. The SMILES string of the molecule is Cc1cc(Cn2cc(C(F)(F)F)ccc2=O)no1. The van der Waals surface area contributed by atoms with E-state index >= 15 is 0 Å². The Bertz CT molecular complexity index is 613. The van der Waals surface area contributed by atoms with Gasteiger partial charge in [0.05, 0.1) is 12.1 Å². The molecule has 7 heteroatoms. The largest absolute Gasteiger partial charge is 0.417 e. The molecule has 0 saturated heterocycles. The van der Waals surface area contributed by atoms with E-state index in [-0.39, 0.29) is 6.54 Å². The zero-order chi connectivity index (χ0) is 13.3. The molecule has 0 aromatic carbocycles. The molecule has 0 amide bonds. The number of aromatic nitrogens is 2. The molecule has 0 radical (unpaired) electrons. The fourth-order valence-electron chi connectivity index (χ4n) is 1.49. The Hall–Kier alpha value is -2.05. The molecule has 0 spiro atoms. The molecule has 0 aliphatic carbocycles. The van der Waals surface area contributed by atoms with E-state index in [0.29, 0.717) is 11.5 Å². The maximum atomic E-state index is 12.5. The quantitative estimate of drug-likeness (QED) is 0.829. The minimum Gasteiger partial charge on any atom is -0.361 e. The van der Waals surface area contributed by atoms with Gasteiger partial charge in [0.25, 0.3) is 5.56 Å². The molecule has 0 saturated carbocycles. The third kappa shape index (κ3) is 2.61. The third-order valence-electron chi connectivity index (χ3n) is 2.32. The topological polar surface area (TPSA) is 48.0 Å². The van der Waals surface area contributed by atoms with Crippen molar-refractivity contribution >= 4 is 0 Å². The Kier molecular flexibility index (Phi) is 2.98. The van der Waals surface area contributed by atoms with Crippen LogP contribution in [0.3, 0.4) is 0 Å². The van der Waals surface area contributed by atoms with Crippen LogP contribution >= 0.6 is 0 Å². The normalized spacial score (nSPS) is 11.8. The molecule has 0 bridgehead atoms. The molecule has 4 nitrogen and oxygen atoms in total. The highest BCUT2D eigenvalue weighted by Crippen LogP contribution is 2.28.